The van der Waals surface area contributed by atoms with Crippen LogP contribution in [-0.4, -0.2) is 67.8 Å². The predicted octanol–water partition coefficient (Wildman–Crippen LogP) is 2.31. The lowest BCUT2D eigenvalue weighted by atomic mass is 10.1. The second kappa shape index (κ2) is 13.8. The summed E-state index contributed by atoms with van der Waals surface area (Å²) in [6.07, 6.45) is 3.52. The number of halogens is 1. The predicted molar refractivity (Wildman–Crippen MR) is 109 cm³/mol. The summed E-state index contributed by atoms with van der Waals surface area (Å²) in [7, 11) is 1.78. The number of nitrogens with zero attached hydrogens (tertiary/aromatic N) is 2. The molecule has 1 saturated heterocycles. The molecular formula is C15H29IN4O2S. The number of hydrogen-bond donors (Lipinski definition) is 2. The van der Waals surface area contributed by atoms with Crippen molar-refractivity contribution in [3.63, 3.8) is 0 Å². The van der Waals surface area contributed by atoms with E-state index in [2.05, 4.69) is 22.2 Å². The highest BCUT2D eigenvalue weighted by Gasteiger charge is 2.23. The number of hydrogen-bond acceptors (Lipinski definition) is 4. The van der Waals surface area contributed by atoms with E-state index in [9.17, 15) is 4.79 Å². The lowest BCUT2D eigenvalue weighted by Crippen LogP contribution is -2.50. The van der Waals surface area contributed by atoms with Crippen molar-refractivity contribution in [1.29, 1.82) is 0 Å². The fraction of sp³-hybridized carbons (Fsp3) is 0.733. The standard InChI is InChI=1S/C15H28N4O2S.HI/c1-4-11-22-12-8-17-14(16-3)18-13-6-9-19(10-7-13)15(20)21-5-2;/h4,13H,1,5-12H2,2-3H3,(H2,16,17,18);1H. The van der Waals surface area contributed by atoms with Gasteiger partial charge < -0.3 is 20.3 Å². The third-order valence-corrected chi connectivity index (χ3v) is 4.32. The summed E-state index contributed by atoms with van der Waals surface area (Å²) in [5.74, 6) is 2.82. The maximum atomic E-state index is 11.6. The van der Waals surface area contributed by atoms with Crippen LogP contribution in [0, 0.1) is 0 Å². The van der Waals surface area contributed by atoms with Gasteiger partial charge in [-0.1, -0.05) is 6.08 Å². The molecule has 6 nitrogen and oxygen atoms in total. The topological polar surface area (TPSA) is 66.0 Å². The number of amides is 1. The number of carbonyl (C=O) groups excluding carboxylic acids is 1. The molecular weight excluding hydrogens is 427 g/mol. The molecule has 2 N–H and O–H groups in total. The van der Waals surface area contributed by atoms with Crippen LogP contribution in [0.15, 0.2) is 17.6 Å². The van der Waals surface area contributed by atoms with Gasteiger partial charge in [0, 0.05) is 44.2 Å². The van der Waals surface area contributed by atoms with Gasteiger partial charge in [0.15, 0.2) is 5.96 Å². The van der Waals surface area contributed by atoms with E-state index in [0.717, 1.165) is 49.9 Å². The minimum absolute atomic E-state index is 0. The van der Waals surface area contributed by atoms with E-state index in [1.165, 1.54) is 0 Å². The van der Waals surface area contributed by atoms with Crippen LogP contribution in [0.4, 0.5) is 4.79 Å². The summed E-state index contributed by atoms with van der Waals surface area (Å²) in [5, 5.41) is 6.73. The molecule has 1 aliphatic rings. The first kappa shape index (κ1) is 22.4. The second-order valence-corrected chi connectivity index (χ2v) is 6.12. The minimum Gasteiger partial charge on any atom is -0.450 e. The number of rotatable bonds is 7. The van der Waals surface area contributed by atoms with Crippen molar-refractivity contribution in [1.82, 2.24) is 15.5 Å². The first-order valence-corrected chi connectivity index (χ1v) is 8.94. The summed E-state index contributed by atoms with van der Waals surface area (Å²) >= 11 is 1.84. The molecule has 0 radical (unpaired) electrons. The van der Waals surface area contributed by atoms with Gasteiger partial charge in [-0.25, -0.2) is 4.79 Å². The Bertz CT molecular complexity index is 374. The van der Waals surface area contributed by atoms with E-state index in [-0.39, 0.29) is 30.1 Å². The molecule has 0 bridgehead atoms. The highest BCUT2D eigenvalue weighted by molar-refractivity contribution is 14.0. The van der Waals surface area contributed by atoms with Crippen molar-refractivity contribution in [2.45, 2.75) is 25.8 Å². The van der Waals surface area contributed by atoms with Crippen LogP contribution in [0.1, 0.15) is 19.8 Å². The summed E-state index contributed by atoms with van der Waals surface area (Å²) in [4.78, 5) is 17.7. The van der Waals surface area contributed by atoms with Gasteiger partial charge in [-0.15, -0.1) is 30.6 Å². The SMILES string of the molecule is C=CCSCCNC(=NC)NC1CCN(C(=O)OCC)CC1.I. The molecule has 0 aromatic rings. The van der Waals surface area contributed by atoms with E-state index < -0.39 is 0 Å². The highest BCUT2D eigenvalue weighted by atomic mass is 127. The Morgan fingerprint density at radius 3 is 2.74 bits per heavy atom. The Morgan fingerprint density at radius 2 is 2.17 bits per heavy atom. The number of guanidine groups is 1. The fourth-order valence-corrected chi connectivity index (χ4v) is 2.80. The molecule has 0 aliphatic carbocycles. The Kier molecular flexibility index (Phi) is 13.4. The van der Waals surface area contributed by atoms with Gasteiger partial charge in [0.1, 0.15) is 0 Å². The van der Waals surface area contributed by atoms with Crippen LogP contribution < -0.4 is 10.6 Å². The van der Waals surface area contributed by atoms with Crippen molar-refractivity contribution in [3.05, 3.63) is 12.7 Å². The summed E-state index contributed by atoms with van der Waals surface area (Å²) < 4.78 is 5.03. The average Bonchev–Trinajstić information content (AvgIpc) is 2.54. The van der Waals surface area contributed by atoms with Gasteiger partial charge in [0.05, 0.1) is 6.61 Å². The van der Waals surface area contributed by atoms with E-state index in [4.69, 9.17) is 4.74 Å². The maximum Gasteiger partial charge on any atom is 0.409 e. The van der Waals surface area contributed by atoms with E-state index in [1.807, 2.05) is 24.8 Å². The Balaban J connectivity index is 0.00000484. The normalized spacial score (nSPS) is 15.6. The van der Waals surface area contributed by atoms with Crippen LogP contribution in [0.2, 0.25) is 0 Å². The smallest absolute Gasteiger partial charge is 0.409 e. The van der Waals surface area contributed by atoms with Crippen molar-refractivity contribution in [2.24, 2.45) is 4.99 Å². The zero-order valence-electron chi connectivity index (χ0n) is 14.0. The van der Waals surface area contributed by atoms with Crippen LogP contribution in [-0.2, 0) is 4.74 Å². The van der Waals surface area contributed by atoms with Crippen LogP contribution in [0.3, 0.4) is 0 Å². The highest BCUT2D eigenvalue weighted by Crippen LogP contribution is 2.11. The Morgan fingerprint density at radius 1 is 1.48 bits per heavy atom. The van der Waals surface area contributed by atoms with Crippen LogP contribution >= 0.6 is 35.7 Å². The van der Waals surface area contributed by atoms with E-state index >= 15 is 0 Å². The monoisotopic (exact) mass is 456 g/mol. The van der Waals surface area contributed by atoms with Gasteiger partial charge in [-0.2, -0.15) is 11.8 Å². The van der Waals surface area contributed by atoms with E-state index in [1.54, 1.807) is 11.9 Å². The molecule has 1 amide bonds. The lowest BCUT2D eigenvalue weighted by Gasteiger charge is -2.32. The summed E-state index contributed by atoms with van der Waals surface area (Å²) in [6, 6.07) is 0.345. The third kappa shape index (κ3) is 9.29. The maximum absolute atomic E-state index is 11.6. The number of likely N-dealkylation sites (tertiary alicyclic amines) is 1. The Labute approximate surface area is 160 Å². The molecule has 1 aliphatic heterocycles. The summed E-state index contributed by atoms with van der Waals surface area (Å²) in [5.41, 5.74) is 0. The molecule has 134 valence electrons. The van der Waals surface area contributed by atoms with Crippen molar-refractivity contribution < 1.29 is 9.53 Å². The molecule has 0 atom stereocenters. The number of carbonyl (C=O) groups is 1. The van der Waals surface area contributed by atoms with Crippen LogP contribution in [0.5, 0.6) is 0 Å². The molecule has 0 aromatic carbocycles. The summed E-state index contributed by atoms with van der Waals surface area (Å²) in [6.45, 7) is 8.28. The number of ether oxygens (including phenoxy) is 1. The molecule has 1 rings (SSSR count). The molecule has 1 fully saturated rings. The van der Waals surface area contributed by atoms with Gasteiger partial charge in [0.2, 0.25) is 0 Å². The van der Waals surface area contributed by atoms with Gasteiger partial charge in [0.25, 0.3) is 0 Å². The van der Waals surface area contributed by atoms with Gasteiger partial charge in [-0.3, -0.25) is 4.99 Å². The number of thioether (sulfide) groups is 1. The Hall–Kier alpha value is -0.640. The fourth-order valence-electron chi connectivity index (χ4n) is 2.22. The third-order valence-electron chi connectivity index (χ3n) is 3.36. The molecule has 0 saturated carbocycles. The van der Waals surface area contributed by atoms with Crippen molar-refractivity contribution >= 4 is 47.8 Å². The molecule has 1 heterocycles. The van der Waals surface area contributed by atoms with E-state index in [0.29, 0.717) is 12.6 Å². The number of nitrogens with one attached hydrogen (secondary N) is 2. The largest absolute Gasteiger partial charge is 0.450 e. The van der Waals surface area contributed by atoms with Gasteiger partial charge in [-0.05, 0) is 19.8 Å². The van der Waals surface area contributed by atoms with Crippen LogP contribution in [0.25, 0.3) is 0 Å². The molecule has 23 heavy (non-hydrogen) atoms. The molecule has 0 spiro atoms. The quantitative estimate of drug-likeness (QED) is 0.202. The number of piperidine rings is 1. The zero-order valence-corrected chi connectivity index (χ0v) is 17.2. The molecule has 8 heteroatoms. The van der Waals surface area contributed by atoms with Crippen molar-refractivity contribution in [3.8, 4) is 0 Å². The lowest BCUT2D eigenvalue weighted by molar-refractivity contribution is 0.0963. The average molecular weight is 456 g/mol. The zero-order chi connectivity index (χ0) is 16.2. The molecule has 0 unspecified atom stereocenters. The minimum atomic E-state index is -0.206. The number of aliphatic imine (C=N–C) groups is 1. The van der Waals surface area contributed by atoms with Gasteiger partial charge >= 0.3 is 6.09 Å². The first-order valence-electron chi connectivity index (χ1n) is 7.78. The second-order valence-electron chi connectivity index (χ2n) is 4.97. The molecule has 0 aromatic heterocycles. The van der Waals surface area contributed by atoms with Crippen molar-refractivity contribution in [2.75, 3.05) is 44.8 Å². The first-order chi connectivity index (χ1) is 10.7.